The average molecular weight is 790 g/mol. The van der Waals surface area contributed by atoms with Crippen LogP contribution in [-0.2, 0) is 31.1 Å². The number of fused-ring (bicyclic) bond motifs is 1. The van der Waals surface area contributed by atoms with Gasteiger partial charge in [0, 0.05) is 77.7 Å². The quantitative estimate of drug-likeness (QED) is 0.0993. The first-order valence-electron chi connectivity index (χ1n) is 16.9. The number of rotatable bonds is 16. The Morgan fingerprint density at radius 2 is 1.87 bits per heavy atom. The highest BCUT2D eigenvalue weighted by Gasteiger charge is 2.21. The number of β-amino-alcohol motifs (C(OH)–C–C–N with tert-alkyl or cyclic N) is 1. The van der Waals surface area contributed by atoms with Gasteiger partial charge in [0.15, 0.2) is 0 Å². The molecule has 1 unspecified atom stereocenters. The summed E-state index contributed by atoms with van der Waals surface area (Å²) in [5, 5.41) is 46.8. The molecule has 0 saturated carbocycles. The molecule has 1 aliphatic heterocycles. The van der Waals surface area contributed by atoms with E-state index in [1.807, 2.05) is 35.1 Å². The van der Waals surface area contributed by atoms with E-state index in [9.17, 15) is 25.4 Å². The third kappa shape index (κ3) is 8.90. The number of carbonyl (C=O) groups is 1. The lowest BCUT2D eigenvalue weighted by Crippen LogP contribution is -2.39. The van der Waals surface area contributed by atoms with Crippen LogP contribution in [0.1, 0.15) is 35.1 Å². The van der Waals surface area contributed by atoms with E-state index in [-0.39, 0.29) is 25.9 Å². The fraction of sp³-hybridized carbons (Fsp3) is 0.316. The predicted octanol–water partition coefficient (Wildman–Crippen LogP) is 5.54. The van der Waals surface area contributed by atoms with Crippen molar-refractivity contribution in [2.75, 3.05) is 26.2 Å². The zero-order valence-electron chi connectivity index (χ0n) is 28.2. The topological polar surface area (TPSA) is 166 Å². The molecule has 3 aromatic carbocycles. The van der Waals surface area contributed by atoms with Crippen LogP contribution in [-0.4, -0.2) is 79.3 Å². The van der Waals surface area contributed by atoms with Crippen LogP contribution in [0.2, 0.25) is 5.02 Å². The van der Waals surface area contributed by atoms with Crippen molar-refractivity contribution in [3.8, 4) is 28.7 Å². The van der Waals surface area contributed by atoms with Crippen LogP contribution in [0.3, 0.4) is 0 Å². The normalized spacial score (nSPS) is 15.1. The average Bonchev–Trinajstić information content (AvgIpc) is 3.77. The SMILES string of the molecule is N#Cc1cncc(COc2cc(OCc3cccc(-c4cccc5c4cnn5CCCN4CC[C@@H](O)C4)c3Br)c(Cl)cc2CNC(CO)C(=O)O)c1. The third-order valence-electron chi connectivity index (χ3n) is 8.98. The van der Waals surface area contributed by atoms with Gasteiger partial charge in [0.25, 0.3) is 0 Å². The van der Waals surface area contributed by atoms with Gasteiger partial charge in [-0.2, -0.15) is 10.4 Å². The molecule has 0 aliphatic carbocycles. The highest BCUT2D eigenvalue weighted by atomic mass is 79.9. The number of carboxylic acid groups (broad SMARTS) is 1. The fourth-order valence-electron chi connectivity index (χ4n) is 6.24. The Labute approximate surface area is 314 Å². The number of benzene rings is 3. The number of likely N-dealkylation sites (tertiary alicyclic amines) is 1. The van der Waals surface area contributed by atoms with Crippen molar-refractivity contribution in [3.63, 3.8) is 0 Å². The van der Waals surface area contributed by atoms with Crippen molar-refractivity contribution in [1.82, 2.24) is 25.0 Å². The number of nitriles is 1. The number of halogens is 2. The van der Waals surface area contributed by atoms with Crippen molar-refractivity contribution in [2.45, 2.75) is 51.3 Å². The molecule has 1 saturated heterocycles. The summed E-state index contributed by atoms with van der Waals surface area (Å²) in [7, 11) is 0. The van der Waals surface area contributed by atoms with Gasteiger partial charge in [-0.1, -0.05) is 41.9 Å². The minimum atomic E-state index is -1.19. The highest BCUT2D eigenvalue weighted by molar-refractivity contribution is 9.10. The summed E-state index contributed by atoms with van der Waals surface area (Å²) in [6.45, 7) is 3.07. The van der Waals surface area contributed by atoms with Crippen LogP contribution in [0.15, 0.2) is 77.7 Å². The molecule has 1 aliphatic rings. The molecule has 0 radical (unpaired) electrons. The maximum Gasteiger partial charge on any atom is 0.323 e. The van der Waals surface area contributed by atoms with E-state index in [0.29, 0.717) is 33.2 Å². The zero-order valence-corrected chi connectivity index (χ0v) is 30.6. The second-order valence-electron chi connectivity index (χ2n) is 12.6. The molecule has 12 nitrogen and oxygen atoms in total. The first-order chi connectivity index (χ1) is 25.2. The summed E-state index contributed by atoms with van der Waals surface area (Å²) in [6, 6.07) is 18.0. The molecule has 52 heavy (non-hydrogen) atoms. The van der Waals surface area contributed by atoms with E-state index in [1.54, 1.807) is 24.4 Å². The van der Waals surface area contributed by atoms with Gasteiger partial charge in [-0.3, -0.25) is 19.8 Å². The van der Waals surface area contributed by atoms with Crippen LogP contribution in [0, 0.1) is 11.3 Å². The Morgan fingerprint density at radius 1 is 1.06 bits per heavy atom. The lowest BCUT2D eigenvalue weighted by Gasteiger charge is -2.18. The Kier molecular flexibility index (Phi) is 12.4. The fourth-order valence-corrected chi connectivity index (χ4v) is 7.07. The number of aliphatic hydroxyl groups is 2. The maximum atomic E-state index is 11.5. The van der Waals surface area contributed by atoms with E-state index in [2.05, 4.69) is 49.3 Å². The second-order valence-corrected chi connectivity index (χ2v) is 13.8. The number of hydrogen-bond acceptors (Lipinski definition) is 10. The first kappa shape index (κ1) is 37.2. The van der Waals surface area contributed by atoms with Gasteiger partial charge in [0.2, 0.25) is 0 Å². The Bertz CT molecular complexity index is 2090. The number of aliphatic hydroxyl groups excluding tert-OH is 2. The number of aliphatic carboxylic acids is 1. The van der Waals surface area contributed by atoms with Crippen LogP contribution in [0.4, 0.5) is 0 Å². The largest absolute Gasteiger partial charge is 0.488 e. The molecule has 6 rings (SSSR count). The van der Waals surface area contributed by atoms with Crippen molar-refractivity contribution in [3.05, 3.63) is 105 Å². The lowest BCUT2D eigenvalue weighted by atomic mass is 10.00. The van der Waals surface area contributed by atoms with Crippen molar-refractivity contribution < 1.29 is 29.6 Å². The number of nitrogens with zero attached hydrogens (tertiary/aromatic N) is 5. The second kappa shape index (κ2) is 17.3. The number of carboxylic acids is 1. The van der Waals surface area contributed by atoms with Gasteiger partial charge in [-0.25, -0.2) is 0 Å². The Morgan fingerprint density at radius 3 is 2.63 bits per heavy atom. The summed E-state index contributed by atoms with van der Waals surface area (Å²) in [6.07, 6.45) is 6.51. The number of ether oxygens (including phenoxy) is 2. The van der Waals surface area contributed by atoms with E-state index >= 15 is 0 Å². The molecular weight excluding hydrogens is 752 g/mol. The molecule has 2 atom stereocenters. The first-order valence-corrected chi connectivity index (χ1v) is 18.0. The number of aromatic nitrogens is 3. The van der Waals surface area contributed by atoms with Crippen LogP contribution in [0.25, 0.3) is 22.0 Å². The predicted molar refractivity (Wildman–Crippen MR) is 199 cm³/mol. The summed E-state index contributed by atoms with van der Waals surface area (Å²) in [4.78, 5) is 17.9. The number of hydrogen-bond donors (Lipinski definition) is 4. The van der Waals surface area contributed by atoms with Gasteiger partial charge in [0.1, 0.15) is 36.8 Å². The summed E-state index contributed by atoms with van der Waals surface area (Å²) < 4.78 is 15.3. The molecule has 2 aromatic heterocycles. The van der Waals surface area contributed by atoms with Crippen LogP contribution < -0.4 is 14.8 Å². The summed E-state index contributed by atoms with van der Waals surface area (Å²) >= 11 is 10.5. The van der Waals surface area contributed by atoms with Crippen molar-refractivity contribution in [1.29, 1.82) is 5.26 Å². The zero-order chi connectivity index (χ0) is 36.6. The van der Waals surface area contributed by atoms with E-state index in [4.69, 9.17) is 26.2 Å². The van der Waals surface area contributed by atoms with E-state index < -0.39 is 18.6 Å². The minimum absolute atomic E-state index is 0.0433. The molecule has 0 amide bonds. The Hall–Kier alpha value is -4.55. The third-order valence-corrected chi connectivity index (χ3v) is 10.2. The van der Waals surface area contributed by atoms with Crippen LogP contribution >= 0.6 is 27.5 Å². The smallest absolute Gasteiger partial charge is 0.323 e. The van der Waals surface area contributed by atoms with E-state index in [0.717, 1.165) is 71.1 Å². The van der Waals surface area contributed by atoms with E-state index in [1.165, 1.54) is 6.20 Å². The molecule has 3 heterocycles. The minimum Gasteiger partial charge on any atom is -0.488 e. The highest BCUT2D eigenvalue weighted by Crippen LogP contribution is 2.38. The molecule has 1 fully saturated rings. The summed E-state index contributed by atoms with van der Waals surface area (Å²) in [5.74, 6) is -0.459. The monoisotopic (exact) mass is 788 g/mol. The molecule has 270 valence electrons. The molecular formula is C38H38BrClN6O6. The molecule has 0 spiro atoms. The molecule has 14 heteroatoms. The standard InChI is InChI=1S/C38H38BrClN6O6/c39-37-26(4-1-6-30(37)29-5-2-7-34-31(29)19-44-46(34)10-3-9-45-11-8-28(48)20-45)23-52-36-14-35(51-22-25-12-24(15-41)16-42-17-25)27(13-32(36)40)18-43-33(21-47)38(49)50/h1-2,4-7,12-14,16-17,19,28,33,43,47-48H,3,8-11,18,20-23H2,(H,49,50)/t28-,33?/m1/s1. The lowest BCUT2D eigenvalue weighted by molar-refractivity contribution is -0.140. The summed E-state index contributed by atoms with van der Waals surface area (Å²) in [5.41, 5.74) is 5.55. The van der Waals surface area contributed by atoms with Gasteiger partial charge >= 0.3 is 5.97 Å². The Balaban J connectivity index is 1.20. The van der Waals surface area contributed by atoms with Gasteiger partial charge < -0.3 is 29.7 Å². The van der Waals surface area contributed by atoms with Crippen LogP contribution in [0.5, 0.6) is 11.5 Å². The molecule has 5 aromatic rings. The number of nitrogens with one attached hydrogen (secondary N) is 1. The van der Waals surface area contributed by atoms with Gasteiger partial charge in [-0.05, 0) is 58.1 Å². The van der Waals surface area contributed by atoms with Crippen molar-refractivity contribution >= 4 is 44.4 Å². The molecule has 0 bridgehead atoms. The maximum absolute atomic E-state index is 11.5. The van der Waals surface area contributed by atoms with Crippen molar-refractivity contribution in [2.24, 2.45) is 0 Å². The molecule has 4 N–H and O–H groups in total. The van der Waals surface area contributed by atoms with Gasteiger partial charge in [0.05, 0.1) is 35.0 Å². The number of aryl methyl sites for hydroxylation is 1. The van der Waals surface area contributed by atoms with Gasteiger partial charge in [-0.15, -0.1) is 0 Å². The number of pyridine rings is 1.